The third-order valence-corrected chi connectivity index (χ3v) is 3.77. The van der Waals surface area contributed by atoms with Gasteiger partial charge >= 0.3 is 0 Å². The molecule has 94 valence electrons. The van der Waals surface area contributed by atoms with Crippen molar-refractivity contribution >= 4 is 25.5 Å². The van der Waals surface area contributed by atoms with Crippen molar-refractivity contribution in [2.45, 2.75) is 32.1 Å². The summed E-state index contributed by atoms with van der Waals surface area (Å²) in [6, 6.07) is 4.64. The van der Waals surface area contributed by atoms with Crippen LogP contribution < -0.4 is 0 Å². The van der Waals surface area contributed by atoms with Crippen LogP contribution in [0.2, 0.25) is 0 Å². The van der Waals surface area contributed by atoms with Crippen LogP contribution in [0.25, 0.3) is 0 Å². The van der Waals surface area contributed by atoms with Gasteiger partial charge < -0.3 is 0 Å². The van der Waals surface area contributed by atoms with Gasteiger partial charge in [0, 0.05) is 16.2 Å². The zero-order valence-electron chi connectivity index (χ0n) is 10.0. The van der Waals surface area contributed by atoms with Crippen LogP contribution in [-0.4, -0.2) is 14.2 Å². The van der Waals surface area contributed by atoms with Gasteiger partial charge in [-0.05, 0) is 30.9 Å². The van der Waals surface area contributed by atoms with E-state index in [4.69, 9.17) is 10.7 Å². The molecule has 0 unspecified atom stereocenters. The molecule has 0 aromatic heterocycles. The Hall–Kier alpha value is -0.870. The smallest absolute Gasteiger partial charge is 0.261 e. The Balaban J connectivity index is 3.37. The molecule has 5 heteroatoms. The molecule has 3 nitrogen and oxygen atoms in total. The lowest BCUT2D eigenvalue weighted by Crippen LogP contribution is -2.04. The molecule has 17 heavy (non-hydrogen) atoms. The van der Waals surface area contributed by atoms with E-state index in [9.17, 15) is 13.2 Å². The van der Waals surface area contributed by atoms with Crippen LogP contribution >= 0.6 is 10.7 Å². The molecule has 0 aliphatic carbocycles. The lowest BCUT2D eigenvalue weighted by atomic mass is 10.0. The standard InChI is InChI=1S/C12H15ClO3S/c1-8(2)6-11-5-4-10(9(3)14)7-12(11)17(13,15)16/h4-5,7-8H,6H2,1-3H3. The first kappa shape index (κ1) is 14.2. The normalized spacial score (nSPS) is 11.8. The molecule has 1 aromatic rings. The lowest BCUT2D eigenvalue weighted by molar-refractivity contribution is 0.101. The van der Waals surface area contributed by atoms with Gasteiger partial charge in [0.15, 0.2) is 5.78 Å². The van der Waals surface area contributed by atoms with Crippen LogP contribution in [0.3, 0.4) is 0 Å². The van der Waals surface area contributed by atoms with E-state index in [-0.39, 0.29) is 10.7 Å². The quantitative estimate of drug-likeness (QED) is 0.626. The van der Waals surface area contributed by atoms with Gasteiger partial charge in [-0.25, -0.2) is 8.42 Å². The molecular formula is C12H15ClO3S. The highest BCUT2D eigenvalue weighted by Gasteiger charge is 2.18. The summed E-state index contributed by atoms with van der Waals surface area (Å²) >= 11 is 0. The van der Waals surface area contributed by atoms with Crippen molar-refractivity contribution < 1.29 is 13.2 Å². The average molecular weight is 275 g/mol. The molecule has 0 radical (unpaired) electrons. The van der Waals surface area contributed by atoms with Gasteiger partial charge in [-0.2, -0.15) is 0 Å². The third kappa shape index (κ3) is 3.82. The van der Waals surface area contributed by atoms with Crippen molar-refractivity contribution in [1.29, 1.82) is 0 Å². The van der Waals surface area contributed by atoms with E-state index >= 15 is 0 Å². The van der Waals surface area contributed by atoms with E-state index < -0.39 is 9.05 Å². The molecular weight excluding hydrogens is 260 g/mol. The summed E-state index contributed by atoms with van der Waals surface area (Å²) in [4.78, 5) is 11.3. The Labute approximate surface area is 106 Å². The van der Waals surface area contributed by atoms with Crippen molar-refractivity contribution in [1.82, 2.24) is 0 Å². The molecule has 0 aliphatic heterocycles. The number of carbonyl (C=O) groups is 1. The topological polar surface area (TPSA) is 51.2 Å². The molecule has 0 bridgehead atoms. The van der Waals surface area contributed by atoms with E-state index in [1.807, 2.05) is 13.8 Å². The minimum Gasteiger partial charge on any atom is -0.295 e. The molecule has 0 saturated carbocycles. The lowest BCUT2D eigenvalue weighted by Gasteiger charge is -2.10. The Bertz CT molecular complexity index is 533. The van der Waals surface area contributed by atoms with E-state index in [0.29, 0.717) is 23.5 Å². The maximum absolute atomic E-state index is 11.5. The molecule has 1 aromatic carbocycles. The Morgan fingerprint density at radius 1 is 1.35 bits per heavy atom. The van der Waals surface area contributed by atoms with Crippen molar-refractivity contribution in [3.8, 4) is 0 Å². The highest BCUT2D eigenvalue weighted by Crippen LogP contribution is 2.24. The minimum absolute atomic E-state index is 0.0422. The van der Waals surface area contributed by atoms with E-state index in [0.717, 1.165) is 0 Å². The van der Waals surface area contributed by atoms with Crippen LogP contribution in [0.15, 0.2) is 23.1 Å². The van der Waals surface area contributed by atoms with Gasteiger partial charge in [-0.3, -0.25) is 4.79 Å². The summed E-state index contributed by atoms with van der Waals surface area (Å²) in [6.07, 6.45) is 0.611. The second-order valence-electron chi connectivity index (χ2n) is 4.41. The molecule has 0 spiro atoms. The predicted molar refractivity (Wildman–Crippen MR) is 68.0 cm³/mol. The summed E-state index contributed by atoms with van der Waals surface area (Å²) in [5.74, 6) is 0.137. The number of halogens is 1. The Morgan fingerprint density at radius 2 is 1.94 bits per heavy atom. The molecule has 1 rings (SSSR count). The number of hydrogen-bond donors (Lipinski definition) is 0. The van der Waals surface area contributed by atoms with Gasteiger partial charge in [-0.15, -0.1) is 0 Å². The van der Waals surface area contributed by atoms with Crippen LogP contribution in [0, 0.1) is 5.92 Å². The first-order chi connectivity index (χ1) is 7.71. The number of ketones is 1. The fraction of sp³-hybridized carbons (Fsp3) is 0.417. The largest absolute Gasteiger partial charge is 0.295 e. The summed E-state index contributed by atoms with van der Waals surface area (Å²) in [5, 5.41) is 0. The number of rotatable bonds is 4. The van der Waals surface area contributed by atoms with E-state index in [1.54, 1.807) is 12.1 Å². The zero-order valence-corrected chi connectivity index (χ0v) is 11.6. The second kappa shape index (κ2) is 5.19. The van der Waals surface area contributed by atoms with E-state index in [1.165, 1.54) is 13.0 Å². The van der Waals surface area contributed by atoms with Gasteiger partial charge in [0.1, 0.15) is 0 Å². The van der Waals surface area contributed by atoms with Crippen molar-refractivity contribution in [2.24, 2.45) is 5.92 Å². The van der Waals surface area contributed by atoms with Crippen LogP contribution in [0.1, 0.15) is 36.7 Å². The van der Waals surface area contributed by atoms with Crippen LogP contribution in [0.4, 0.5) is 0 Å². The van der Waals surface area contributed by atoms with Crippen LogP contribution in [-0.2, 0) is 15.5 Å². The van der Waals surface area contributed by atoms with Gasteiger partial charge in [0.05, 0.1) is 4.90 Å². The average Bonchev–Trinajstić information content (AvgIpc) is 2.15. The Morgan fingerprint density at radius 3 is 2.35 bits per heavy atom. The summed E-state index contributed by atoms with van der Waals surface area (Å²) < 4.78 is 22.9. The zero-order chi connectivity index (χ0) is 13.2. The molecule has 0 atom stereocenters. The SMILES string of the molecule is CC(=O)c1ccc(CC(C)C)c(S(=O)(=O)Cl)c1. The highest BCUT2D eigenvalue weighted by molar-refractivity contribution is 8.13. The number of benzene rings is 1. The second-order valence-corrected chi connectivity index (χ2v) is 6.95. The van der Waals surface area contributed by atoms with Gasteiger partial charge in [0.25, 0.3) is 9.05 Å². The highest BCUT2D eigenvalue weighted by atomic mass is 35.7. The fourth-order valence-electron chi connectivity index (χ4n) is 1.61. The summed E-state index contributed by atoms with van der Waals surface area (Å²) in [6.45, 7) is 5.37. The van der Waals surface area contributed by atoms with Gasteiger partial charge in [-0.1, -0.05) is 26.0 Å². The fourth-order valence-corrected chi connectivity index (χ4v) is 2.77. The minimum atomic E-state index is -3.82. The first-order valence-electron chi connectivity index (χ1n) is 5.30. The van der Waals surface area contributed by atoms with Crippen molar-refractivity contribution in [3.05, 3.63) is 29.3 Å². The van der Waals surface area contributed by atoms with Crippen molar-refractivity contribution in [2.75, 3.05) is 0 Å². The molecule has 0 aliphatic rings. The maximum atomic E-state index is 11.5. The monoisotopic (exact) mass is 274 g/mol. The summed E-state index contributed by atoms with van der Waals surface area (Å²) in [5.41, 5.74) is 1.01. The number of carbonyl (C=O) groups excluding carboxylic acids is 1. The maximum Gasteiger partial charge on any atom is 0.261 e. The molecule has 0 amide bonds. The van der Waals surface area contributed by atoms with Gasteiger partial charge in [0.2, 0.25) is 0 Å². The third-order valence-electron chi connectivity index (χ3n) is 2.36. The molecule has 0 fully saturated rings. The molecule has 0 saturated heterocycles. The Kier molecular flexibility index (Phi) is 4.33. The predicted octanol–water partition coefficient (Wildman–Crippen LogP) is 3.02. The molecule has 0 N–H and O–H groups in total. The van der Waals surface area contributed by atoms with Crippen molar-refractivity contribution in [3.63, 3.8) is 0 Å². The van der Waals surface area contributed by atoms with Crippen LogP contribution in [0.5, 0.6) is 0 Å². The van der Waals surface area contributed by atoms with E-state index in [2.05, 4.69) is 0 Å². The summed E-state index contributed by atoms with van der Waals surface area (Å²) in [7, 11) is 1.57. The first-order valence-corrected chi connectivity index (χ1v) is 7.61. The number of hydrogen-bond acceptors (Lipinski definition) is 3. The number of Topliss-reactive ketones (excluding diaryl/α,β-unsaturated/α-hetero) is 1. The molecule has 0 heterocycles.